The first-order valence-corrected chi connectivity index (χ1v) is 8.50. The van der Waals surface area contributed by atoms with Crippen molar-refractivity contribution >= 4 is 12.0 Å². The molecular formula is C17H28N2O3. The van der Waals surface area contributed by atoms with E-state index in [4.69, 9.17) is 4.74 Å². The quantitative estimate of drug-likeness (QED) is 0.809. The van der Waals surface area contributed by atoms with Crippen LogP contribution in [0.25, 0.3) is 0 Å². The first kappa shape index (κ1) is 15.8. The van der Waals surface area contributed by atoms with E-state index in [9.17, 15) is 9.59 Å². The van der Waals surface area contributed by atoms with E-state index in [1.807, 2.05) is 0 Å². The average Bonchev–Trinajstić information content (AvgIpc) is 2.57. The summed E-state index contributed by atoms with van der Waals surface area (Å²) in [6.07, 6.45) is 5.87. The van der Waals surface area contributed by atoms with Gasteiger partial charge in [0.05, 0.1) is 0 Å². The van der Waals surface area contributed by atoms with Gasteiger partial charge in [-0.2, -0.15) is 0 Å². The number of imide groups is 1. The Hall–Kier alpha value is -1.10. The predicted octanol–water partition coefficient (Wildman–Crippen LogP) is 2.98. The lowest BCUT2D eigenvalue weighted by atomic mass is 9.72. The van der Waals surface area contributed by atoms with Crippen LogP contribution in [0.1, 0.15) is 72.6 Å². The van der Waals surface area contributed by atoms with Crippen LogP contribution in [0.4, 0.5) is 4.79 Å². The Morgan fingerprint density at radius 1 is 1.00 bits per heavy atom. The molecule has 3 fully saturated rings. The summed E-state index contributed by atoms with van der Waals surface area (Å²) in [4.78, 5) is 27.0. The number of hydrogen-bond acceptors (Lipinski definition) is 4. The normalized spacial score (nSPS) is 30.6. The smallest absolute Gasteiger partial charge is 0.417 e. The Kier molecular flexibility index (Phi) is 3.55. The van der Waals surface area contributed by atoms with E-state index in [0.29, 0.717) is 12.8 Å². The third-order valence-corrected chi connectivity index (χ3v) is 5.16. The molecule has 2 amide bonds. The molecule has 1 aliphatic carbocycles. The summed E-state index contributed by atoms with van der Waals surface area (Å²) in [5, 5.41) is 3.55. The van der Waals surface area contributed by atoms with Crippen LogP contribution in [-0.4, -0.2) is 39.6 Å². The van der Waals surface area contributed by atoms with Crippen LogP contribution in [0.3, 0.4) is 0 Å². The highest BCUT2D eigenvalue weighted by Gasteiger charge is 2.61. The van der Waals surface area contributed by atoms with Gasteiger partial charge in [-0.25, -0.2) is 9.69 Å². The van der Waals surface area contributed by atoms with Crippen molar-refractivity contribution < 1.29 is 14.3 Å². The molecule has 0 aromatic carbocycles. The van der Waals surface area contributed by atoms with E-state index in [-0.39, 0.29) is 23.0 Å². The molecule has 3 rings (SSSR count). The van der Waals surface area contributed by atoms with E-state index < -0.39 is 11.7 Å². The van der Waals surface area contributed by atoms with Gasteiger partial charge in [-0.15, -0.1) is 0 Å². The Morgan fingerprint density at radius 3 is 2.09 bits per heavy atom. The third-order valence-electron chi connectivity index (χ3n) is 5.16. The fraction of sp³-hybridized carbons (Fsp3) is 0.882. The van der Waals surface area contributed by atoms with Crippen LogP contribution in [0, 0.1) is 0 Å². The summed E-state index contributed by atoms with van der Waals surface area (Å²) in [6.45, 7) is 8.28. The number of amides is 2. The maximum absolute atomic E-state index is 13.1. The molecule has 0 aromatic heterocycles. The SMILES string of the molecule is CC1(C)CC2(CC(C)(C)N1)OC(=O)N(C1CCCCC1)C2=O. The van der Waals surface area contributed by atoms with Gasteiger partial charge >= 0.3 is 6.09 Å². The van der Waals surface area contributed by atoms with Crippen molar-refractivity contribution in [2.75, 3.05) is 0 Å². The van der Waals surface area contributed by atoms with E-state index >= 15 is 0 Å². The topological polar surface area (TPSA) is 58.6 Å². The second kappa shape index (κ2) is 4.95. The Morgan fingerprint density at radius 2 is 1.55 bits per heavy atom. The average molecular weight is 308 g/mol. The standard InChI is InChI=1S/C17H28N2O3/c1-15(2)10-17(11-16(3,4)18-15)13(20)19(14(21)22-17)12-8-6-5-7-9-12/h12,18H,5-11H2,1-4H3. The minimum absolute atomic E-state index is 0.0363. The minimum Gasteiger partial charge on any atom is -0.432 e. The van der Waals surface area contributed by atoms with Gasteiger partial charge in [-0.3, -0.25) is 4.79 Å². The van der Waals surface area contributed by atoms with E-state index in [2.05, 4.69) is 33.0 Å². The summed E-state index contributed by atoms with van der Waals surface area (Å²) in [5.74, 6) is -0.105. The molecule has 2 saturated heterocycles. The van der Waals surface area contributed by atoms with Gasteiger partial charge in [-0.05, 0) is 40.5 Å². The van der Waals surface area contributed by atoms with Crippen LogP contribution in [-0.2, 0) is 9.53 Å². The van der Waals surface area contributed by atoms with Crippen LogP contribution >= 0.6 is 0 Å². The second-order valence-electron chi connectivity index (χ2n) is 8.58. The molecule has 0 aromatic rings. The zero-order chi connectivity index (χ0) is 16.2. The molecule has 0 bridgehead atoms. The molecule has 1 spiro atoms. The minimum atomic E-state index is -0.979. The van der Waals surface area contributed by atoms with Crippen molar-refractivity contribution in [1.82, 2.24) is 10.2 Å². The second-order valence-corrected chi connectivity index (χ2v) is 8.58. The van der Waals surface area contributed by atoms with Crippen molar-refractivity contribution in [1.29, 1.82) is 0 Å². The molecule has 22 heavy (non-hydrogen) atoms. The van der Waals surface area contributed by atoms with E-state index in [1.54, 1.807) is 0 Å². The van der Waals surface area contributed by atoms with Crippen LogP contribution in [0.5, 0.6) is 0 Å². The first-order chi connectivity index (χ1) is 10.1. The largest absolute Gasteiger partial charge is 0.432 e. The van der Waals surface area contributed by atoms with Gasteiger partial charge in [0, 0.05) is 30.0 Å². The van der Waals surface area contributed by atoms with E-state index in [0.717, 1.165) is 25.7 Å². The Bertz CT molecular complexity index is 476. The van der Waals surface area contributed by atoms with Crippen LogP contribution in [0.15, 0.2) is 0 Å². The van der Waals surface area contributed by atoms with Crippen LogP contribution in [0.2, 0.25) is 0 Å². The number of rotatable bonds is 1. The molecule has 2 aliphatic heterocycles. The number of ether oxygens (including phenoxy) is 1. The number of carbonyl (C=O) groups is 2. The highest BCUT2D eigenvalue weighted by molar-refractivity contribution is 6.03. The summed E-state index contributed by atoms with van der Waals surface area (Å²) in [6, 6.07) is 0.0363. The summed E-state index contributed by atoms with van der Waals surface area (Å²) in [5.41, 5.74) is -1.45. The van der Waals surface area contributed by atoms with Crippen molar-refractivity contribution in [2.45, 2.75) is 95.4 Å². The van der Waals surface area contributed by atoms with Gasteiger partial charge in [-0.1, -0.05) is 19.3 Å². The van der Waals surface area contributed by atoms with Gasteiger partial charge in [0.1, 0.15) is 0 Å². The Balaban J connectivity index is 1.89. The predicted molar refractivity (Wildman–Crippen MR) is 83.5 cm³/mol. The third kappa shape index (κ3) is 2.64. The van der Waals surface area contributed by atoms with Gasteiger partial charge in [0.15, 0.2) is 5.60 Å². The Labute approximate surface area is 132 Å². The molecule has 0 radical (unpaired) electrons. The van der Waals surface area contributed by atoms with Crippen molar-refractivity contribution in [3.05, 3.63) is 0 Å². The van der Waals surface area contributed by atoms with Gasteiger partial charge in [0.25, 0.3) is 5.91 Å². The highest BCUT2D eigenvalue weighted by Crippen LogP contribution is 2.44. The van der Waals surface area contributed by atoms with Gasteiger partial charge < -0.3 is 10.1 Å². The lowest BCUT2D eigenvalue weighted by Gasteiger charge is -2.49. The molecule has 1 N–H and O–H groups in total. The fourth-order valence-corrected chi connectivity index (χ4v) is 4.93. The molecule has 3 aliphatic rings. The molecule has 1 saturated carbocycles. The molecule has 124 valence electrons. The lowest BCUT2D eigenvalue weighted by Crippen LogP contribution is -2.65. The number of carbonyl (C=O) groups excluding carboxylic acids is 2. The monoisotopic (exact) mass is 308 g/mol. The number of piperidine rings is 1. The van der Waals surface area contributed by atoms with Gasteiger partial charge in [0.2, 0.25) is 0 Å². The fourth-order valence-electron chi connectivity index (χ4n) is 4.93. The van der Waals surface area contributed by atoms with E-state index in [1.165, 1.54) is 11.3 Å². The van der Waals surface area contributed by atoms with Crippen molar-refractivity contribution in [3.8, 4) is 0 Å². The zero-order valence-corrected chi connectivity index (χ0v) is 14.2. The number of nitrogens with one attached hydrogen (secondary N) is 1. The maximum Gasteiger partial charge on any atom is 0.417 e. The van der Waals surface area contributed by atoms with Crippen molar-refractivity contribution in [3.63, 3.8) is 0 Å². The first-order valence-electron chi connectivity index (χ1n) is 8.50. The molecule has 5 nitrogen and oxygen atoms in total. The number of hydrogen-bond donors (Lipinski definition) is 1. The summed E-state index contributed by atoms with van der Waals surface area (Å²) >= 11 is 0. The molecular weight excluding hydrogens is 280 g/mol. The molecule has 2 heterocycles. The molecule has 0 unspecified atom stereocenters. The maximum atomic E-state index is 13.1. The van der Waals surface area contributed by atoms with Crippen LogP contribution < -0.4 is 5.32 Å². The molecule has 0 atom stereocenters. The lowest BCUT2D eigenvalue weighted by molar-refractivity contribution is -0.145. The zero-order valence-electron chi connectivity index (χ0n) is 14.2. The molecule has 5 heteroatoms. The summed E-state index contributed by atoms with van der Waals surface area (Å²) < 4.78 is 5.74. The highest BCUT2D eigenvalue weighted by atomic mass is 16.6. The number of nitrogens with zero attached hydrogens (tertiary/aromatic N) is 1. The van der Waals surface area contributed by atoms with Crippen molar-refractivity contribution in [2.24, 2.45) is 0 Å². The summed E-state index contributed by atoms with van der Waals surface area (Å²) in [7, 11) is 0.